The first kappa shape index (κ1) is 13.1. The van der Waals surface area contributed by atoms with E-state index in [0.29, 0.717) is 6.10 Å². The number of rotatable bonds is 5. The molecule has 0 aromatic heterocycles. The van der Waals surface area contributed by atoms with Gasteiger partial charge in [-0.05, 0) is 42.3 Å². The topological polar surface area (TPSA) is 34.6 Å². The van der Waals surface area contributed by atoms with Gasteiger partial charge in [0.05, 0.1) is 13.2 Å². The van der Waals surface area contributed by atoms with Gasteiger partial charge in [-0.25, -0.2) is 0 Å². The Morgan fingerprint density at radius 1 is 1.07 bits per heavy atom. The maximum Gasteiger partial charge on any atom is 0.166 e. The second-order valence-corrected chi connectivity index (χ2v) is 8.11. The molecule has 5 nitrogen and oxygen atoms in total. The molecule has 1 heterocycles. The molecule has 0 saturated carbocycles. The zero-order chi connectivity index (χ0) is 11.6. The molecule has 0 bridgehead atoms. The van der Waals surface area contributed by atoms with Crippen LogP contribution in [0.2, 0.25) is 0 Å². The molecule has 0 aromatic carbocycles. The summed E-state index contributed by atoms with van der Waals surface area (Å²) in [6, 6.07) is 0. The predicted molar refractivity (Wildman–Crippen MR) is 65.0 cm³/mol. The number of ether oxygens (including phenoxy) is 1. The standard InChI is InChI=1S/C9H23N4OP/c1-11(2)15(12(3)4,13(5)6)10-7-9-8-14-9/h9H,7-8H2,1-6H3. The van der Waals surface area contributed by atoms with E-state index in [1.54, 1.807) is 0 Å². The van der Waals surface area contributed by atoms with E-state index in [0.717, 1.165) is 13.2 Å². The lowest BCUT2D eigenvalue weighted by molar-refractivity contribution is 0.409. The molecule has 90 valence electrons. The maximum atomic E-state index is 5.21. The summed E-state index contributed by atoms with van der Waals surface area (Å²) in [5.41, 5.74) is 0. The fraction of sp³-hybridized carbons (Fsp3) is 1.00. The molecule has 0 amide bonds. The first-order valence-corrected chi connectivity index (χ1v) is 6.74. The lowest BCUT2D eigenvalue weighted by Crippen LogP contribution is -2.31. The van der Waals surface area contributed by atoms with Crippen LogP contribution in [-0.4, -0.2) is 75.6 Å². The van der Waals surface area contributed by atoms with Crippen molar-refractivity contribution in [2.75, 3.05) is 55.4 Å². The number of epoxide rings is 1. The number of hydrogen-bond acceptors (Lipinski definition) is 2. The molecule has 0 spiro atoms. The van der Waals surface area contributed by atoms with Crippen LogP contribution in [0.4, 0.5) is 0 Å². The second kappa shape index (κ2) is 4.93. The lowest BCUT2D eigenvalue weighted by atomic mass is 10.5. The summed E-state index contributed by atoms with van der Waals surface area (Å²) < 4.78 is 16.7. The summed E-state index contributed by atoms with van der Waals surface area (Å²) in [5.74, 6) is 0. The SMILES string of the molecule is CN(C)P(=NCC1CO1)(N(C)C)N(C)C. The monoisotopic (exact) mass is 234 g/mol. The van der Waals surface area contributed by atoms with Crippen LogP contribution in [0.1, 0.15) is 0 Å². The summed E-state index contributed by atoms with van der Waals surface area (Å²) in [4.78, 5) is 0. The number of nitrogens with zero attached hydrogens (tertiary/aromatic N) is 4. The molecule has 1 atom stereocenters. The van der Waals surface area contributed by atoms with E-state index < -0.39 is 7.51 Å². The minimum Gasteiger partial charge on any atom is -0.371 e. The summed E-state index contributed by atoms with van der Waals surface area (Å²) in [6.07, 6.45) is 0.365. The molecular formula is C9H23N4OP. The Hall–Kier alpha value is 0.0700. The number of hydrogen-bond donors (Lipinski definition) is 0. The summed E-state index contributed by atoms with van der Waals surface area (Å²) in [7, 11) is 10.8. The Balaban J connectivity index is 2.93. The van der Waals surface area contributed by atoms with Crippen LogP contribution in [-0.2, 0) is 4.74 Å². The van der Waals surface area contributed by atoms with Crippen LogP contribution < -0.4 is 0 Å². The quantitative estimate of drug-likeness (QED) is 0.525. The van der Waals surface area contributed by atoms with E-state index in [4.69, 9.17) is 9.48 Å². The molecule has 1 rings (SSSR count). The van der Waals surface area contributed by atoms with Crippen molar-refractivity contribution in [3.63, 3.8) is 0 Å². The molecule has 0 aliphatic carbocycles. The molecule has 0 aromatic rings. The van der Waals surface area contributed by atoms with Crippen LogP contribution in [0.5, 0.6) is 0 Å². The Bertz CT molecular complexity index is 232. The molecule has 15 heavy (non-hydrogen) atoms. The molecule has 1 fully saturated rings. The molecule has 0 radical (unpaired) electrons. The van der Waals surface area contributed by atoms with Crippen molar-refractivity contribution >= 4 is 7.51 Å². The van der Waals surface area contributed by atoms with Gasteiger partial charge in [-0.1, -0.05) is 0 Å². The minimum atomic E-state index is -1.68. The van der Waals surface area contributed by atoms with Gasteiger partial charge in [-0.3, -0.25) is 18.8 Å². The van der Waals surface area contributed by atoms with Gasteiger partial charge in [-0.2, -0.15) is 0 Å². The minimum absolute atomic E-state index is 0.365. The van der Waals surface area contributed by atoms with Crippen molar-refractivity contribution in [1.82, 2.24) is 14.0 Å². The highest BCUT2D eigenvalue weighted by Crippen LogP contribution is 2.54. The largest absolute Gasteiger partial charge is 0.371 e. The summed E-state index contributed by atoms with van der Waals surface area (Å²) >= 11 is 0. The first-order chi connectivity index (χ1) is 6.91. The molecule has 1 aliphatic heterocycles. The molecule has 0 N–H and O–H groups in total. The van der Waals surface area contributed by atoms with Crippen molar-refractivity contribution in [3.8, 4) is 0 Å². The highest BCUT2D eigenvalue weighted by molar-refractivity contribution is 7.59. The van der Waals surface area contributed by atoms with Crippen LogP contribution in [0.15, 0.2) is 4.74 Å². The molecule has 6 heteroatoms. The Morgan fingerprint density at radius 2 is 1.47 bits per heavy atom. The maximum absolute atomic E-state index is 5.21. The predicted octanol–water partition coefficient (Wildman–Crippen LogP) is 1.02. The van der Waals surface area contributed by atoms with Gasteiger partial charge >= 0.3 is 0 Å². The smallest absolute Gasteiger partial charge is 0.166 e. The van der Waals surface area contributed by atoms with Crippen molar-refractivity contribution in [3.05, 3.63) is 0 Å². The summed E-state index contributed by atoms with van der Waals surface area (Å²) in [5, 5.41) is 0. The van der Waals surface area contributed by atoms with E-state index >= 15 is 0 Å². The third-order valence-electron chi connectivity index (χ3n) is 2.49. The first-order valence-electron chi connectivity index (χ1n) is 5.14. The van der Waals surface area contributed by atoms with E-state index in [1.165, 1.54) is 0 Å². The van der Waals surface area contributed by atoms with Gasteiger partial charge in [0.1, 0.15) is 6.10 Å². The lowest BCUT2D eigenvalue weighted by Gasteiger charge is -2.41. The van der Waals surface area contributed by atoms with Crippen molar-refractivity contribution in [2.45, 2.75) is 6.10 Å². The third-order valence-corrected chi connectivity index (χ3v) is 6.25. The van der Waals surface area contributed by atoms with Crippen molar-refractivity contribution < 1.29 is 4.74 Å². The van der Waals surface area contributed by atoms with Gasteiger partial charge < -0.3 is 4.74 Å². The normalized spacial score (nSPS) is 21.5. The molecule has 1 saturated heterocycles. The van der Waals surface area contributed by atoms with Crippen molar-refractivity contribution in [1.29, 1.82) is 0 Å². The zero-order valence-corrected chi connectivity index (χ0v) is 11.5. The average Bonchev–Trinajstić information content (AvgIpc) is 2.86. The van der Waals surface area contributed by atoms with Crippen LogP contribution in [0.25, 0.3) is 0 Å². The average molecular weight is 234 g/mol. The Labute approximate surface area is 93.2 Å². The van der Waals surface area contributed by atoms with Crippen molar-refractivity contribution in [2.24, 2.45) is 4.74 Å². The third kappa shape index (κ3) is 2.80. The molecule has 1 aliphatic rings. The van der Waals surface area contributed by atoms with Crippen LogP contribution in [0, 0.1) is 0 Å². The van der Waals surface area contributed by atoms with Gasteiger partial charge in [0, 0.05) is 0 Å². The van der Waals surface area contributed by atoms with Gasteiger partial charge in [0.2, 0.25) is 0 Å². The Kier molecular flexibility index (Phi) is 4.32. The van der Waals surface area contributed by atoms with E-state index in [2.05, 4.69) is 56.3 Å². The highest BCUT2D eigenvalue weighted by Gasteiger charge is 2.30. The van der Waals surface area contributed by atoms with E-state index in [-0.39, 0.29) is 0 Å². The fourth-order valence-electron chi connectivity index (χ4n) is 1.83. The Morgan fingerprint density at radius 3 is 1.73 bits per heavy atom. The fourth-order valence-corrected chi connectivity index (χ4v) is 5.13. The molecule has 1 unspecified atom stereocenters. The van der Waals surface area contributed by atoms with Gasteiger partial charge in [0.15, 0.2) is 7.51 Å². The van der Waals surface area contributed by atoms with Gasteiger partial charge in [0.25, 0.3) is 0 Å². The summed E-state index contributed by atoms with van der Waals surface area (Å²) in [6.45, 7) is 1.68. The van der Waals surface area contributed by atoms with Crippen LogP contribution in [0.3, 0.4) is 0 Å². The van der Waals surface area contributed by atoms with Crippen LogP contribution >= 0.6 is 7.51 Å². The molecular weight excluding hydrogens is 211 g/mol. The van der Waals surface area contributed by atoms with E-state index in [9.17, 15) is 0 Å². The highest BCUT2D eigenvalue weighted by atomic mass is 31.2. The second-order valence-electron chi connectivity index (χ2n) is 4.36. The van der Waals surface area contributed by atoms with E-state index in [1.807, 2.05) is 0 Å². The van der Waals surface area contributed by atoms with Gasteiger partial charge in [-0.15, -0.1) is 0 Å². The zero-order valence-electron chi connectivity index (χ0n) is 10.6.